The summed E-state index contributed by atoms with van der Waals surface area (Å²) in [4.78, 5) is 41.8. The van der Waals surface area contributed by atoms with Gasteiger partial charge < -0.3 is 20.0 Å². The number of nitriles is 1. The van der Waals surface area contributed by atoms with Gasteiger partial charge in [0.05, 0.1) is 27.9 Å². The Morgan fingerprint density at radius 1 is 1.19 bits per heavy atom. The van der Waals surface area contributed by atoms with Crippen LogP contribution in [0.1, 0.15) is 27.7 Å². The predicted molar refractivity (Wildman–Crippen MR) is 134 cm³/mol. The number of amides is 2. The van der Waals surface area contributed by atoms with Crippen molar-refractivity contribution in [3.8, 4) is 17.2 Å². The third kappa shape index (κ3) is 5.53. The number of carbonyl (C=O) groups excluding carboxylic acids is 2. The van der Waals surface area contributed by atoms with Gasteiger partial charge in [0.25, 0.3) is 11.5 Å². The molecule has 0 aliphatic heterocycles. The van der Waals surface area contributed by atoms with Crippen LogP contribution in [0, 0.1) is 17.1 Å². The van der Waals surface area contributed by atoms with Crippen LogP contribution in [0.3, 0.4) is 0 Å². The molecule has 4 aromatic rings. The topological polar surface area (TPSA) is 144 Å². The van der Waals surface area contributed by atoms with Crippen molar-refractivity contribution in [3.63, 3.8) is 0 Å². The van der Waals surface area contributed by atoms with E-state index in [0.29, 0.717) is 16.3 Å². The fraction of sp³-hybridized carbons (Fsp3) is 0.0800. The van der Waals surface area contributed by atoms with Gasteiger partial charge in [-0.2, -0.15) is 5.26 Å². The Morgan fingerprint density at radius 3 is 2.62 bits per heavy atom. The molecule has 1 unspecified atom stereocenters. The van der Waals surface area contributed by atoms with Crippen molar-refractivity contribution >= 4 is 40.7 Å². The number of aromatic nitrogens is 2. The van der Waals surface area contributed by atoms with E-state index in [1.165, 1.54) is 49.2 Å². The van der Waals surface area contributed by atoms with E-state index in [1.54, 1.807) is 0 Å². The van der Waals surface area contributed by atoms with Gasteiger partial charge in [0.15, 0.2) is 6.39 Å². The maximum Gasteiger partial charge on any atom is 0.251 e. The predicted octanol–water partition coefficient (Wildman–Crippen LogP) is 4.34. The van der Waals surface area contributed by atoms with E-state index < -0.39 is 29.2 Å². The molecule has 1 atom stereocenters. The van der Waals surface area contributed by atoms with Crippen LogP contribution in [0.5, 0.6) is 0 Å². The second-order valence-corrected chi connectivity index (χ2v) is 8.67. The lowest BCUT2D eigenvalue weighted by molar-refractivity contribution is -0.119. The number of hydrogen-bond acceptors (Lipinski definition) is 6. The average molecular weight is 540 g/mol. The quantitative estimate of drug-likeness (QED) is 0.357. The number of nitrogens with one attached hydrogen (secondary N) is 1. The molecule has 3 N–H and O–H groups in total. The lowest BCUT2D eigenvalue weighted by atomic mass is 10.0. The van der Waals surface area contributed by atoms with Gasteiger partial charge in [-0.15, -0.1) is 0 Å². The summed E-state index contributed by atoms with van der Waals surface area (Å²) in [6.45, 7) is 0. The summed E-state index contributed by atoms with van der Waals surface area (Å²) < 4.78 is 20.3. The van der Waals surface area contributed by atoms with Crippen LogP contribution in [0.4, 0.5) is 10.1 Å². The molecule has 0 fully saturated rings. The number of rotatable bonds is 7. The van der Waals surface area contributed by atoms with Crippen LogP contribution >= 0.6 is 23.2 Å². The zero-order chi connectivity index (χ0) is 26.7. The molecule has 186 valence electrons. The number of nitrogens with zero attached hydrogens (tertiary/aromatic N) is 3. The van der Waals surface area contributed by atoms with Crippen LogP contribution in [-0.2, 0) is 11.2 Å². The molecule has 2 amide bonds. The van der Waals surface area contributed by atoms with E-state index >= 15 is 0 Å². The molecule has 2 heterocycles. The number of hydrogen-bond donors (Lipinski definition) is 2. The number of pyridine rings is 1. The standard InChI is InChI=1S/C25H16Cl2FN5O4/c26-14-2-1-13(9-29)18(5-14)19-8-23(34)33(10-20(19)27)22(7-16-11-37-12-31-16)25(36)32-15-3-4-17(24(30)35)21(28)6-15/h1-6,8,10-12,22H,7H2,(H2,30,35)(H,32,36). The van der Waals surface area contributed by atoms with Crippen LogP contribution in [0.2, 0.25) is 10.0 Å². The fourth-order valence-electron chi connectivity index (χ4n) is 3.68. The second-order valence-electron chi connectivity index (χ2n) is 7.83. The van der Waals surface area contributed by atoms with E-state index in [-0.39, 0.29) is 33.8 Å². The monoisotopic (exact) mass is 539 g/mol. The average Bonchev–Trinajstić information content (AvgIpc) is 3.37. The molecule has 2 aromatic heterocycles. The Hall–Kier alpha value is -4.46. The van der Waals surface area contributed by atoms with Gasteiger partial charge in [0.1, 0.15) is 18.1 Å². The zero-order valence-corrected chi connectivity index (χ0v) is 20.3. The van der Waals surface area contributed by atoms with Crippen molar-refractivity contribution < 1.29 is 18.4 Å². The zero-order valence-electron chi connectivity index (χ0n) is 18.7. The van der Waals surface area contributed by atoms with Crippen LogP contribution < -0.4 is 16.6 Å². The summed E-state index contributed by atoms with van der Waals surface area (Å²) in [5.41, 5.74) is 5.43. The molecule has 0 bridgehead atoms. The number of anilines is 1. The van der Waals surface area contributed by atoms with Gasteiger partial charge >= 0.3 is 0 Å². The molecule has 0 aliphatic rings. The van der Waals surface area contributed by atoms with Crippen LogP contribution in [0.15, 0.2) is 70.5 Å². The minimum Gasteiger partial charge on any atom is -0.451 e. The molecule has 9 nitrogen and oxygen atoms in total. The molecular weight excluding hydrogens is 524 g/mol. The number of halogens is 3. The van der Waals surface area contributed by atoms with E-state index in [4.69, 9.17) is 33.4 Å². The Labute approximate surface area is 218 Å². The van der Waals surface area contributed by atoms with Gasteiger partial charge in [-0.25, -0.2) is 9.37 Å². The number of carbonyl (C=O) groups is 2. The molecular formula is C25H16Cl2FN5O4. The summed E-state index contributed by atoms with van der Waals surface area (Å²) in [6, 6.07) is 9.96. The van der Waals surface area contributed by atoms with E-state index in [0.717, 1.165) is 16.7 Å². The third-order valence-electron chi connectivity index (χ3n) is 5.45. The number of oxazole rings is 1. The smallest absolute Gasteiger partial charge is 0.251 e. The van der Waals surface area contributed by atoms with Crippen molar-refractivity contribution in [2.24, 2.45) is 5.73 Å². The van der Waals surface area contributed by atoms with Crippen molar-refractivity contribution in [2.45, 2.75) is 12.5 Å². The molecule has 0 spiro atoms. The minimum atomic E-state index is -1.18. The van der Waals surface area contributed by atoms with Gasteiger partial charge in [0, 0.05) is 40.5 Å². The summed E-state index contributed by atoms with van der Waals surface area (Å²) in [7, 11) is 0. The van der Waals surface area contributed by atoms with Gasteiger partial charge in [-0.3, -0.25) is 14.4 Å². The van der Waals surface area contributed by atoms with Crippen molar-refractivity contribution in [2.75, 3.05) is 5.32 Å². The molecule has 12 heteroatoms. The second kappa shape index (κ2) is 10.7. The largest absolute Gasteiger partial charge is 0.451 e. The lowest BCUT2D eigenvalue weighted by Crippen LogP contribution is -2.34. The highest BCUT2D eigenvalue weighted by atomic mass is 35.5. The maximum absolute atomic E-state index is 14.2. The first kappa shape index (κ1) is 25.6. The summed E-state index contributed by atoms with van der Waals surface area (Å²) in [5.74, 6) is -2.57. The molecule has 0 saturated carbocycles. The van der Waals surface area contributed by atoms with Crippen LogP contribution in [0.25, 0.3) is 11.1 Å². The first-order chi connectivity index (χ1) is 17.7. The Bertz CT molecular complexity index is 1610. The summed E-state index contributed by atoms with van der Waals surface area (Å²) in [6.07, 6.45) is 3.68. The molecule has 0 radical (unpaired) electrons. The van der Waals surface area contributed by atoms with E-state index in [9.17, 15) is 24.0 Å². The van der Waals surface area contributed by atoms with Gasteiger partial charge in [-0.1, -0.05) is 23.2 Å². The highest BCUT2D eigenvalue weighted by Gasteiger charge is 2.25. The third-order valence-corrected chi connectivity index (χ3v) is 5.99. The number of primary amides is 1. The molecule has 2 aromatic carbocycles. The molecule has 0 aliphatic carbocycles. The van der Waals surface area contributed by atoms with Crippen LogP contribution in [-0.4, -0.2) is 21.4 Å². The lowest BCUT2D eigenvalue weighted by Gasteiger charge is -2.20. The number of benzene rings is 2. The molecule has 0 saturated heterocycles. The van der Waals surface area contributed by atoms with Crippen molar-refractivity contribution in [1.29, 1.82) is 5.26 Å². The SMILES string of the molecule is N#Cc1ccc(Cl)cc1-c1cc(=O)n(C(Cc2cocn2)C(=O)Nc2ccc(C(N)=O)c(F)c2)cc1Cl. The van der Waals surface area contributed by atoms with Gasteiger partial charge in [0.2, 0.25) is 5.91 Å². The molecule has 37 heavy (non-hydrogen) atoms. The minimum absolute atomic E-state index is 0.0333. The van der Waals surface area contributed by atoms with Gasteiger partial charge in [-0.05, 0) is 36.4 Å². The highest BCUT2D eigenvalue weighted by molar-refractivity contribution is 6.34. The Balaban J connectivity index is 1.74. The van der Waals surface area contributed by atoms with Crippen molar-refractivity contribution in [3.05, 3.63) is 104 Å². The first-order valence-corrected chi connectivity index (χ1v) is 11.3. The highest BCUT2D eigenvalue weighted by Crippen LogP contribution is 2.32. The summed E-state index contributed by atoms with van der Waals surface area (Å²) >= 11 is 12.6. The first-order valence-electron chi connectivity index (χ1n) is 10.6. The maximum atomic E-state index is 14.2. The normalized spacial score (nSPS) is 11.5. The van der Waals surface area contributed by atoms with E-state index in [2.05, 4.69) is 10.3 Å². The molecule has 4 rings (SSSR count). The number of nitrogens with two attached hydrogens (primary N) is 1. The fourth-order valence-corrected chi connectivity index (χ4v) is 4.11. The Kier molecular flexibility index (Phi) is 7.38. The van der Waals surface area contributed by atoms with Crippen molar-refractivity contribution in [1.82, 2.24) is 9.55 Å². The Morgan fingerprint density at radius 2 is 1.97 bits per heavy atom. The van der Waals surface area contributed by atoms with E-state index in [1.807, 2.05) is 6.07 Å². The summed E-state index contributed by atoms with van der Waals surface area (Å²) in [5, 5.41) is 12.4.